The molecule has 16 heavy (non-hydrogen) atoms. The first-order valence-corrected chi connectivity index (χ1v) is 5.04. The number of aromatic nitrogens is 2. The topological polar surface area (TPSA) is 82.3 Å². The van der Waals surface area contributed by atoms with Crippen LogP contribution in [-0.2, 0) is 4.74 Å². The molecule has 0 amide bonds. The van der Waals surface area contributed by atoms with Crippen molar-refractivity contribution in [2.45, 2.75) is 6.10 Å². The number of hydrogen-bond donors (Lipinski definition) is 1. The van der Waals surface area contributed by atoms with Crippen LogP contribution in [0.1, 0.15) is 5.69 Å². The van der Waals surface area contributed by atoms with Crippen molar-refractivity contribution in [1.82, 2.24) is 9.97 Å². The fourth-order valence-electron chi connectivity index (χ4n) is 1.57. The molecule has 2 heterocycles. The van der Waals surface area contributed by atoms with Crippen molar-refractivity contribution in [3.05, 3.63) is 18.0 Å². The molecule has 6 heteroatoms. The highest BCUT2D eigenvalue weighted by molar-refractivity contribution is 5.34. The summed E-state index contributed by atoms with van der Waals surface area (Å²) in [4.78, 5) is 10.1. The fourth-order valence-corrected chi connectivity index (χ4v) is 1.57. The van der Waals surface area contributed by atoms with Crippen LogP contribution < -0.4 is 4.90 Å². The van der Waals surface area contributed by atoms with Gasteiger partial charge in [0.25, 0.3) is 0 Å². The van der Waals surface area contributed by atoms with E-state index >= 15 is 0 Å². The van der Waals surface area contributed by atoms with E-state index in [2.05, 4.69) is 9.97 Å². The predicted molar refractivity (Wildman–Crippen MR) is 55.8 cm³/mol. The van der Waals surface area contributed by atoms with Crippen molar-refractivity contribution in [3.63, 3.8) is 0 Å². The quantitative estimate of drug-likeness (QED) is 0.726. The summed E-state index contributed by atoms with van der Waals surface area (Å²) in [5.41, 5.74) is 0.344. The molecule has 1 aromatic heterocycles. The van der Waals surface area contributed by atoms with Gasteiger partial charge in [0.1, 0.15) is 11.8 Å². The van der Waals surface area contributed by atoms with Crippen molar-refractivity contribution in [3.8, 4) is 6.07 Å². The third-order valence-corrected chi connectivity index (χ3v) is 2.38. The van der Waals surface area contributed by atoms with Crippen LogP contribution in [0, 0.1) is 11.3 Å². The minimum absolute atomic E-state index is 0.0194. The monoisotopic (exact) mass is 220 g/mol. The molecular weight excluding hydrogens is 208 g/mol. The third-order valence-electron chi connectivity index (χ3n) is 2.38. The Bertz CT molecular complexity index is 404. The van der Waals surface area contributed by atoms with Gasteiger partial charge in [-0.25, -0.2) is 9.97 Å². The zero-order valence-corrected chi connectivity index (χ0v) is 8.70. The SMILES string of the molecule is N#Cc1ccnc(N2CCOC(CO)C2)n1. The van der Waals surface area contributed by atoms with Crippen LogP contribution in [0.4, 0.5) is 5.95 Å². The van der Waals surface area contributed by atoms with Crippen LogP contribution in [0.2, 0.25) is 0 Å². The lowest BCUT2D eigenvalue weighted by molar-refractivity contribution is 0.00313. The molecule has 1 unspecified atom stereocenters. The summed E-state index contributed by atoms with van der Waals surface area (Å²) in [6.45, 7) is 1.73. The van der Waals surface area contributed by atoms with Gasteiger partial charge in [-0.05, 0) is 6.07 Å². The van der Waals surface area contributed by atoms with Crippen LogP contribution in [0.3, 0.4) is 0 Å². The van der Waals surface area contributed by atoms with Gasteiger partial charge in [0.2, 0.25) is 5.95 Å². The minimum Gasteiger partial charge on any atom is -0.394 e. The van der Waals surface area contributed by atoms with E-state index < -0.39 is 0 Å². The summed E-state index contributed by atoms with van der Waals surface area (Å²) in [5.74, 6) is 0.515. The van der Waals surface area contributed by atoms with E-state index in [-0.39, 0.29) is 12.7 Å². The van der Waals surface area contributed by atoms with Crippen LogP contribution in [-0.4, -0.2) is 47.5 Å². The molecule has 0 aliphatic carbocycles. The molecule has 1 aliphatic rings. The van der Waals surface area contributed by atoms with Crippen molar-refractivity contribution in [2.75, 3.05) is 31.2 Å². The Balaban J connectivity index is 2.14. The molecular formula is C10H12N4O2. The van der Waals surface area contributed by atoms with Crippen molar-refractivity contribution >= 4 is 5.95 Å². The molecule has 1 N–H and O–H groups in total. The van der Waals surface area contributed by atoms with E-state index in [1.807, 2.05) is 11.0 Å². The lowest BCUT2D eigenvalue weighted by Crippen LogP contribution is -2.44. The minimum atomic E-state index is -0.205. The second-order valence-corrected chi connectivity index (χ2v) is 3.48. The molecule has 1 fully saturated rings. The summed E-state index contributed by atoms with van der Waals surface area (Å²) in [7, 11) is 0. The highest BCUT2D eigenvalue weighted by Crippen LogP contribution is 2.12. The van der Waals surface area contributed by atoms with E-state index in [1.54, 1.807) is 12.3 Å². The molecule has 6 nitrogen and oxygen atoms in total. The van der Waals surface area contributed by atoms with Gasteiger partial charge in [0.15, 0.2) is 0 Å². The average molecular weight is 220 g/mol. The van der Waals surface area contributed by atoms with Crippen LogP contribution in [0.5, 0.6) is 0 Å². The molecule has 1 aliphatic heterocycles. The molecule has 0 saturated carbocycles. The number of aliphatic hydroxyl groups is 1. The normalized spacial score (nSPS) is 20.5. The van der Waals surface area contributed by atoms with Gasteiger partial charge >= 0.3 is 0 Å². The molecule has 0 bridgehead atoms. The number of anilines is 1. The Labute approximate surface area is 93.1 Å². The van der Waals surface area contributed by atoms with Gasteiger partial charge in [0, 0.05) is 19.3 Å². The van der Waals surface area contributed by atoms with E-state index in [1.165, 1.54) is 0 Å². The molecule has 1 atom stereocenters. The fraction of sp³-hybridized carbons (Fsp3) is 0.500. The van der Waals surface area contributed by atoms with Gasteiger partial charge in [-0.15, -0.1) is 0 Å². The van der Waals surface area contributed by atoms with Crippen molar-refractivity contribution in [1.29, 1.82) is 5.26 Å². The summed E-state index contributed by atoms with van der Waals surface area (Å²) in [6.07, 6.45) is 1.35. The molecule has 1 saturated heterocycles. The van der Waals surface area contributed by atoms with Gasteiger partial charge in [0.05, 0.1) is 19.3 Å². The second-order valence-electron chi connectivity index (χ2n) is 3.48. The second kappa shape index (κ2) is 4.88. The van der Waals surface area contributed by atoms with Crippen molar-refractivity contribution in [2.24, 2.45) is 0 Å². The Hall–Kier alpha value is -1.71. The maximum atomic E-state index is 9.01. The molecule has 0 spiro atoms. The Morgan fingerprint density at radius 1 is 1.69 bits per heavy atom. The van der Waals surface area contributed by atoms with E-state index in [0.717, 1.165) is 0 Å². The predicted octanol–water partition coefficient (Wildman–Crippen LogP) is -0.454. The first-order valence-electron chi connectivity index (χ1n) is 5.04. The largest absolute Gasteiger partial charge is 0.394 e. The molecule has 0 radical (unpaired) electrons. The van der Waals surface area contributed by atoms with Crippen LogP contribution in [0.25, 0.3) is 0 Å². The van der Waals surface area contributed by atoms with Gasteiger partial charge in [-0.2, -0.15) is 5.26 Å². The van der Waals surface area contributed by atoms with Crippen LogP contribution >= 0.6 is 0 Å². The molecule has 0 aromatic carbocycles. The summed E-state index contributed by atoms with van der Waals surface area (Å²) in [6, 6.07) is 3.54. The summed E-state index contributed by atoms with van der Waals surface area (Å²) >= 11 is 0. The highest BCUT2D eigenvalue weighted by atomic mass is 16.5. The van der Waals surface area contributed by atoms with E-state index in [9.17, 15) is 0 Å². The zero-order chi connectivity index (χ0) is 11.4. The number of ether oxygens (including phenoxy) is 1. The number of nitrogens with zero attached hydrogens (tertiary/aromatic N) is 4. The van der Waals surface area contributed by atoms with Gasteiger partial charge in [-0.3, -0.25) is 0 Å². The Morgan fingerprint density at radius 3 is 3.31 bits per heavy atom. The first kappa shape index (κ1) is 10.8. The first-order chi connectivity index (χ1) is 7.83. The van der Waals surface area contributed by atoms with Crippen LogP contribution in [0.15, 0.2) is 12.3 Å². The number of rotatable bonds is 2. The number of hydrogen-bond acceptors (Lipinski definition) is 6. The van der Waals surface area contributed by atoms with E-state index in [0.29, 0.717) is 31.3 Å². The number of morpholine rings is 1. The zero-order valence-electron chi connectivity index (χ0n) is 8.70. The van der Waals surface area contributed by atoms with E-state index in [4.69, 9.17) is 15.1 Å². The maximum absolute atomic E-state index is 9.01. The summed E-state index contributed by atoms with van der Waals surface area (Å²) < 4.78 is 5.32. The van der Waals surface area contributed by atoms with Gasteiger partial charge < -0.3 is 14.7 Å². The lowest BCUT2D eigenvalue weighted by atomic mass is 10.3. The van der Waals surface area contributed by atoms with Crippen molar-refractivity contribution < 1.29 is 9.84 Å². The smallest absolute Gasteiger partial charge is 0.226 e. The third kappa shape index (κ3) is 2.27. The standard InChI is InChI=1S/C10H12N4O2/c11-5-8-1-2-12-10(13-8)14-3-4-16-9(6-14)7-15/h1-2,9,15H,3-4,6-7H2. The average Bonchev–Trinajstić information content (AvgIpc) is 2.39. The number of nitriles is 1. The summed E-state index contributed by atoms with van der Waals surface area (Å²) in [5, 5.41) is 17.7. The molecule has 2 rings (SSSR count). The maximum Gasteiger partial charge on any atom is 0.226 e. The van der Waals surface area contributed by atoms with Gasteiger partial charge in [-0.1, -0.05) is 0 Å². The lowest BCUT2D eigenvalue weighted by Gasteiger charge is -2.31. The number of aliphatic hydroxyl groups excluding tert-OH is 1. The molecule has 84 valence electrons. The Kier molecular flexibility index (Phi) is 3.29. The highest BCUT2D eigenvalue weighted by Gasteiger charge is 2.21. The molecule has 1 aromatic rings. The Morgan fingerprint density at radius 2 is 2.56 bits per heavy atom.